The van der Waals surface area contributed by atoms with Crippen LogP contribution in [0.1, 0.15) is 16.7 Å². The van der Waals surface area contributed by atoms with Gasteiger partial charge in [0.15, 0.2) is 0 Å². The molecular formula is C21H22FN5O2. The molecule has 7 nitrogen and oxygen atoms in total. The van der Waals surface area contributed by atoms with E-state index in [1.54, 1.807) is 18.2 Å². The summed E-state index contributed by atoms with van der Waals surface area (Å²) in [4.78, 5) is 15.9. The van der Waals surface area contributed by atoms with Crippen molar-refractivity contribution in [3.8, 4) is 17.0 Å². The van der Waals surface area contributed by atoms with Gasteiger partial charge in [-0.15, -0.1) is 0 Å². The van der Waals surface area contributed by atoms with Crippen LogP contribution in [0.25, 0.3) is 11.3 Å². The van der Waals surface area contributed by atoms with Crippen molar-refractivity contribution < 1.29 is 13.9 Å². The van der Waals surface area contributed by atoms with Gasteiger partial charge in [0.05, 0.1) is 17.6 Å². The van der Waals surface area contributed by atoms with Crippen molar-refractivity contribution in [3.05, 3.63) is 77.2 Å². The molecule has 3 rings (SSSR count). The lowest BCUT2D eigenvalue weighted by atomic mass is 10.0. The molecule has 2 amide bonds. The minimum atomic E-state index is -0.638. The fraction of sp³-hybridized carbons (Fsp3) is 0.143. The molecule has 0 bridgehead atoms. The number of aromatic nitrogens is 1. The van der Waals surface area contributed by atoms with Gasteiger partial charge in [-0.25, -0.2) is 25.9 Å². The number of hydrogen-bond acceptors (Lipinski definition) is 5. The maximum absolute atomic E-state index is 13.1. The molecule has 0 aliphatic rings. The zero-order valence-electron chi connectivity index (χ0n) is 16.1. The molecule has 29 heavy (non-hydrogen) atoms. The van der Waals surface area contributed by atoms with Crippen molar-refractivity contribution in [2.45, 2.75) is 20.5 Å². The molecule has 1 heterocycles. The Balaban J connectivity index is 1.83. The van der Waals surface area contributed by atoms with Crippen molar-refractivity contribution in [2.24, 2.45) is 11.7 Å². The van der Waals surface area contributed by atoms with E-state index in [1.165, 1.54) is 12.3 Å². The highest BCUT2D eigenvalue weighted by Crippen LogP contribution is 2.30. The number of nitrogens with one attached hydrogen (secondary N) is 1. The number of anilines is 1. The molecule has 0 saturated heterocycles. The van der Waals surface area contributed by atoms with Crippen LogP contribution in [-0.2, 0) is 6.61 Å². The van der Waals surface area contributed by atoms with Gasteiger partial charge in [-0.3, -0.25) is 10.4 Å². The van der Waals surface area contributed by atoms with E-state index in [0.29, 0.717) is 17.1 Å². The van der Waals surface area contributed by atoms with Crippen molar-refractivity contribution >= 4 is 11.7 Å². The summed E-state index contributed by atoms with van der Waals surface area (Å²) in [7, 11) is 0. The van der Waals surface area contributed by atoms with Crippen LogP contribution >= 0.6 is 0 Å². The van der Waals surface area contributed by atoms with Crippen molar-refractivity contribution in [1.82, 2.24) is 10.4 Å². The van der Waals surface area contributed by atoms with Gasteiger partial charge in [0.25, 0.3) is 0 Å². The zero-order valence-corrected chi connectivity index (χ0v) is 16.1. The number of aryl methyl sites for hydroxylation is 2. The van der Waals surface area contributed by atoms with Gasteiger partial charge < -0.3 is 4.74 Å². The smallest absolute Gasteiger partial charge is 0.350 e. The molecule has 5 N–H and O–H groups in total. The Kier molecular flexibility index (Phi) is 6.06. The monoisotopic (exact) mass is 395 g/mol. The van der Waals surface area contributed by atoms with Gasteiger partial charge in [0, 0.05) is 11.1 Å². The van der Waals surface area contributed by atoms with Gasteiger partial charge in [0.1, 0.15) is 18.2 Å². The molecule has 0 atom stereocenters. The lowest BCUT2D eigenvalue weighted by molar-refractivity contribution is 0.246. The van der Waals surface area contributed by atoms with Crippen LogP contribution < -0.4 is 26.9 Å². The largest absolute Gasteiger partial charge is 0.489 e. The Bertz CT molecular complexity index is 1020. The van der Waals surface area contributed by atoms with Crippen LogP contribution in [0.5, 0.6) is 5.75 Å². The first-order valence-electron chi connectivity index (χ1n) is 8.90. The van der Waals surface area contributed by atoms with Gasteiger partial charge in [-0.1, -0.05) is 18.2 Å². The van der Waals surface area contributed by atoms with Crippen LogP contribution in [0.4, 0.5) is 14.9 Å². The van der Waals surface area contributed by atoms with Gasteiger partial charge >= 0.3 is 6.03 Å². The Labute approximate surface area is 168 Å². The third-order valence-electron chi connectivity index (χ3n) is 4.50. The number of nitrogens with two attached hydrogens (primary N) is 2. The molecule has 150 valence electrons. The maximum atomic E-state index is 13.1. The van der Waals surface area contributed by atoms with E-state index in [0.717, 1.165) is 27.3 Å². The summed E-state index contributed by atoms with van der Waals surface area (Å²) in [5.74, 6) is 11.3. The standard InChI is InChI=1S/C21H22FN5O2/c1-13-10-20(14(2)9-17(13)18-8-7-16(22)11-25-18)29-12-15-5-3-4-6-19(15)27(24)21(28)26-23/h3-11H,12,23-24H2,1-2H3,(H,26,28). The minimum Gasteiger partial charge on any atom is -0.489 e. The van der Waals surface area contributed by atoms with E-state index < -0.39 is 6.03 Å². The van der Waals surface area contributed by atoms with E-state index in [2.05, 4.69) is 4.98 Å². The summed E-state index contributed by atoms with van der Waals surface area (Å²) in [6.45, 7) is 4.06. The summed E-state index contributed by atoms with van der Waals surface area (Å²) >= 11 is 0. The Morgan fingerprint density at radius 2 is 1.93 bits per heavy atom. The Morgan fingerprint density at radius 3 is 2.62 bits per heavy atom. The molecule has 1 aromatic heterocycles. The molecule has 0 aliphatic heterocycles. The van der Waals surface area contributed by atoms with E-state index >= 15 is 0 Å². The number of hydrogen-bond donors (Lipinski definition) is 3. The number of benzene rings is 2. The number of pyridine rings is 1. The molecule has 0 fully saturated rings. The van der Waals surface area contributed by atoms with E-state index in [4.69, 9.17) is 16.4 Å². The number of halogens is 1. The number of para-hydroxylation sites is 1. The first-order valence-corrected chi connectivity index (χ1v) is 8.90. The van der Waals surface area contributed by atoms with Gasteiger partial charge in [-0.2, -0.15) is 0 Å². The second kappa shape index (κ2) is 8.68. The summed E-state index contributed by atoms with van der Waals surface area (Å²) in [5.41, 5.74) is 6.65. The number of carbonyl (C=O) groups is 1. The maximum Gasteiger partial charge on any atom is 0.350 e. The fourth-order valence-electron chi connectivity index (χ4n) is 2.96. The number of ether oxygens (including phenoxy) is 1. The van der Waals surface area contributed by atoms with Crippen LogP contribution in [0, 0.1) is 19.7 Å². The van der Waals surface area contributed by atoms with Crippen LogP contribution in [0.15, 0.2) is 54.7 Å². The average Bonchev–Trinajstić information content (AvgIpc) is 2.74. The summed E-state index contributed by atoms with van der Waals surface area (Å²) < 4.78 is 19.1. The number of amides is 2. The number of hydrazine groups is 2. The number of nitrogens with zero attached hydrogens (tertiary/aromatic N) is 2. The van der Waals surface area contributed by atoms with Crippen LogP contribution in [0.3, 0.4) is 0 Å². The summed E-state index contributed by atoms with van der Waals surface area (Å²) in [5, 5.41) is 0.931. The van der Waals surface area contributed by atoms with Crippen molar-refractivity contribution in [1.29, 1.82) is 0 Å². The molecule has 0 unspecified atom stereocenters. The third-order valence-corrected chi connectivity index (χ3v) is 4.50. The van der Waals surface area contributed by atoms with E-state index in [9.17, 15) is 9.18 Å². The molecule has 2 aromatic carbocycles. The van der Waals surface area contributed by atoms with E-state index in [-0.39, 0.29) is 12.4 Å². The predicted molar refractivity (Wildman–Crippen MR) is 109 cm³/mol. The highest BCUT2D eigenvalue weighted by molar-refractivity contribution is 5.91. The Morgan fingerprint density at radius 1 is 1.17 bits per heavy atom. The molecule has 0 saturated carbocycles. The topological polar surface area (TPSA) is 106 Å². The van der Waals surface area contributed by atoms with Gasteiger partial charge in [0.2, 0.25) is 0 Å². The number of carbonyl (C=O) groups excluding carboxylic acids is 1. The highest BCUT2D eigenvalue weighted by atomic mass is 19.1. The number of rotatable bonds is 5. The fourth-order valence-corrected chi connectivity index (χ4v) is 2.96. The van der Waals surface area contributed by atoms with Crippen LogP contribution in [-0.4, -0.2) is 11.0 Å². The molecule has 3 aromatic rings. The van der Waals surface area contributed by atoms with Gasteiger partial charge in [-0.05, 0) is 55.3 Å². The zero-order chi connectivity index (χ0) is 21.0. The van der Waals surface area contributed by atoms with Crippen molar-refractivity contribution in [2.75, 3.05) is 5.01 Å². The summed E-state index contributed by atoms with van der Waals surface area (Å²) in [6, 6.07) is 13.4. The average molecular weight is 395 g/mol. The summed E-state index contributed by atoms with van der Waals surface area (Å²) in [6.07, 6.45) is 1.20. The van der Waals surface area contributed by atoms with E-state index in [1.807, 2.05) is 43.5 Å². The third kappa shape index (κ3) is 4.50. The highest BCUT2D eigenvalue weighted by Gasteiger charge is 2.15. The normalized spacial score (nSPS) is 10.5. The predicted octanol–water partition coefficient (Wildman–Crippen LogP) is 3.35. The Hall–Kier alpha value is -3.49. The molecule has 0 radical (unpaired) electrons. The quantitative estimate of drug-likeness (QED) is 0.349. The molecule has 0 aliphatic carbocycles. The van der Waals surface area contributed by atoms with Crippen LogP contribution in [0.2, 0.25) is 0 Å². The van der Waals surface area contributed by atoms with Crippen molar-refractivity contribution in [3.63, 3.8) is 0 Å². The first-order chi connectivity index (χ1) is 13.9. The minimum absolute atomic E-state index is 0.205. The second-order valence-corrected chi connectivity index (χ2v) is 6.53. The molecular weight excluding hydrogens is 373 g/mol. The molecule has 0 spiro atoms. The second-order valence-electron chi connectivity index (χ2n) is 6.53. The number of urea groups is 1. The first kappa shape index (κ1) is 20.2. The molecule has 8 heteroatoms. The SMILES string of the molecule is Cc1cc(-c2ccc(F)cn2)c(C)cc1OCc1ccccc1N(N)C(=O)NN. The lowest BCUT2D eigenvalue weighted by Crippen LogP contribution is -2.48. The lowest BCUT2D eigenvalue weighted by Gasteiger charge is -2.20.